The predicted octanol–water partition coefficient (Wildman–Crippen LogP) is 22.3. The van der Waals surface area contributed by atoms with Crippen LogP contribution in [0.4, 0.5) is 17.1 Å². The maximum Gasteiger partial charge on any atom is 0.144 e. The quantitative estimate of drug-likeness (QED) is 0.166. The van der Waals surface area contributed by atoms with Crippen LogP contribution in [0.1, 0.15) is 74.9 Å². The predicted molar refractivity (Wildman–Crippen MR) is 354 cm³/mol. The monoisotopic (exact) mass is 1090 g/mol. The number of hydrogen-bond acceptors (Lipinski definition) is 3. The van der Waals surface area contributed by atoms with E-state index in [0.717, 1.165) is 72.4 Å². The minimum Gasteiger partial charge on any atom is -0.455 e. The highest BCUT2D eigenvalue weighted by Crippen LogP contribution is 2.64. The van der Waals surface area contributed by atoms with Crippen LogP contribution < -0.4 is 4.90 Å². The Labute approximate surface area is 493 Å². The van der Waals surface area contributed by atoms with Crippen LogP contribution in [0.15, 0.2) is 251 Å². The summed E-state index contributed by atoms with van der Waals surface area (Å²) in [6.07, 6.45) is 0. The van der Waals surface area contributed by atoms with Gasteiger partial charge in [-0.05, 0) is 157 Å². The zero-order valence-electron chi connectivity index (χ0n) is 48.3. The van der Waals surface area contributed by atoms with Gasteiger partial charge in [-0.15, -0.1) is 0 Å². The molecule has 85 heavy (non-hydrogen) atoms. The molecule has 12 aromatic carbocycles. The van der Waals surface area contributed by atoms with Crippen LogP contribution in [0.2, 0.25) is 0 Å². The highest BCUT2D eigenvalue weighted by Gasteiger charge is 2.49. The smallest absolute Gasteiger partial charge is 0.144 e. The molecule has 4 heteroatoms. The zero-order chi connectivity index (χ0) is 56.8. The molecule has 0 saturated heterocycles. The standard InChI is InChI=1S/C81H58N2O2/c1-79(2)62-44-51(40-42-55(62)70-64(79)46-60(77-72(70)58-28-15-19-34-67(58)84-77)53-30-21-33-66-69(53)57-27-14-18-32-65(57)83(66)49-24-11-8-12-25-49)82(50-38-36-48(37-39-50)47-22-9-7-10-23-47)52-41-43-56-63(45-52)81(5,6)75-71(56)73-59-29-16-20-35-68(59)85-78(73)74-54-26-13-17-31-61(54)80(3,4)76(74)75/h7-46H,1-6H3. The minimum absolute atomic E-state index is 0.252. The van der Waals surface area contributed by atoms with Gasteiger partial charge in [-0.1, -0.05) is 205 Å². The topological polar surface area (TPSA) is 34.5 Å². The maximum atomic E-state index is 7.17. The van der Waals surface area contributed by atoms with Crippen LogP contribution in [-0.4, -0.2) is 4.57 Å². The van der Waals surface area contributed by atoms with Gasteiger partial charge >= 0.3 is 0 Å². The van der Waals surface area contributed by atoms with E-state index in [9.17, 15) is 0 Å². The number of aromatic nitrogens is 1. The molecule has 0 aliphatic heterocycles. The Morgan fingerprint density at radius 1 is 0.318 bits per heavy atom. The third-order valence-electron chi connectivity index (χ3n) is 19.9. The van der Waals surface area contributed by atoms with Gasteiger partial charge in [0.15, 0.2) is 0 Å². The van der Waals surface area contributed by atoms with E-state index in [1.807, 2.05) is 0 Å². The van der Waals surface area contributed by atoms with Crippen molar-refractivity contribution in [3.05, 3.63) is 276 Å². The third kappa shape index (κ3) is 6.41. The SMILES string of the molecule is CC1(C)c2cc(N(c3ccc(-c4ccccc4)cc3)c3ccc4c(c3)C(C)(C)c3c5c(c6oc7ccccc7c6c3-4)-c3ccccc3C5(C)C)ccc2-c2c1cc(-c1cccc3c1c1ccccc1n3-c1ccccc1)c1oc3ccccc3c21. The van der Waals surface area contributed by atoms with E-state index < -0.39 is 5.41 Å². The van der Waals surface area contributed by atoms with Gasteiger partial charge < -0.3 is 18.3 Å². The molecule has 0 saturated carbocycles. The van der Waals surface area contributed by atoms with Gasteiger partial charge in [-0.3, -0.25) is 0 Å². The van der Waals surface area contributed by atoms with E-state index in [2.05, 4.69) is 294 Å². The van der Waals surface area contributed by atoms with Crippen molar-refractivity contribution >= 4 is 82.7 Å². The first-order chi connectivity index (χ1) is 41.5. The second-order valence-electron chi connectivity index (χ2n) is 25.5. The molecule has 18 rings (SSSR count). The molecule has 0 amide bonds. The summed E-state index contributed by atoms with van der Waals surface area (Å²) in [5.74, 6) is 0. The molecule has 3 aromatic heterocycles. The van der Waals surface area contributed by atoms with Gasteiger partial charge in [0.2, 0.25) is 0 Å². The van der Waals surface area contributed by atoms with Gasteiger partial charge in [0.05, 0.1) is 11.0 Å². The Hall–Kier alpha value is -10.2. The summed E-state index contributed by atoms with van der Waals surface area (Å²) in [4.78, 5) is 2.50. The van der Waals surface area contributed by atoms with Crippen molar-refractivity contribution in [2.45, 2.75) is 57.8 Å². The Balaban J connectivity index is 0.846. The normalized spacial score (nSPS) is 14.8. The summed E-state index contributed by atoms with van der Waals surface area (Å²) in [7, 11) is 0. The molecular formula is C81H58N2O2. The first kappa shape index (κ1) is 48.4. The van der Waals surface area contributed by atoms with E-state index in [1.165, 1.54) is 105 Å². The van der Waals surface area contributed by atoms with Gasteiger partial charge in [0.1, 0.15) is 22.3 Å². The van der Waals surface area contributed by atoms with Crippen LogP contribution >= 0.6 is 0 Å². The number of anilines is 3. The Morgan fingerprint density at radius 3 is 1.54 bits per heavy atom. The maximum absolute atomic E-state index is 7.17. The molecule has 15 aromatic rings. The average molecular weight is 1090 g/mol. The van der Waals surface area contributed by atoms with E-state index >= 15 is 0 Å². The van der Waals surface area contributed by atoms with Crippen molar-refractivity contribution in [2.24, 2.45) is 0 Å². The summed E-state index contributed by atoms with van der Waals surface area (Å²) < 4.78 is 16.6. The summed E-state index contributed by atoms with van der Waals surface area (Å²) in [5, 5.41) is 7.10. The molecule has 3 heterocycles. The lowest BCUT2D eigenvalue weighted by Crippen LogP contribution is -2.24. The molecular weight excluding hydrogens is 1030 g/mol. The van der Waals surface area contributed by atoms with Gasteiger partial charge in [-0.2, -0.15) is 0 Å². The fourth-order valence-corrected chi connectivity index (χ4v) is 16.1. The summed E-state index contributed by atoms with van der Waals surface area (Å²) in [6, 6.07) is 89.5. The molecule has 0 atom stereocenters. The van der Waals surface area contributed by atoms with Crippen molar-refractivity contribution in [1.29, 1.82) is 0 Å². The summed E-state index contributed by atoms with van der Waals surface area (Å²) in [6.45, 7) is 14.6. The highest BCUT2D eigenvalue weighted by molar-refractivity contribution is 6.24. The number of para-hydroxylation sites is 4. The fraction of sp³-hybridized carbons (Fsp3) is 0.111. The Morgan fingerprint density at radius 2 is 0.824 bits per heavy atom. The molecule has 0 fully saturated rings. The average Bonchev–Trinajstić information content (AvgIpc) is 1.53. The lowest BCUT2D eigenvalue weighted by atomic mass is 9.72. The fourth-order valence-electron chi connectivity index (χ4n) is 16.1. The number of nitrogens with zero attached hydrogens (tertiary/aromatic N) is 2. The van der Waals surface area contributed by atoms with Crippen molar-refractivity contribution in [3.8, 4) is 61.3 Å². The first-order valence-electron chi connectivity index (χ1n) is 29.9. The molecule has 0 unspecified atom stereocenters. The van der Waals surface area contributed by atoms with E-state index in [-0.39, 0.29) is 10.8 Å². The number of hydrogen-bond donors (Lipinski definition) is 0. The van der Waals surface area contributed by atoms with Crippen LogP contribution in [-0.2, 0) is 16.2 Å². The molecule has 0 radical (unpaired) electrons. The molecule has 0 bridgehead atoms. The first-order valence-corrected chi connectivity index (χ1v) is 29.9. The van der Waals surface area contributed by atoms with E-state index in [4.69, 9.17) is 8.83 Å². The lowest BCUT2D eigenvalue weighted by Gasteiger charge is -2.32. The van der Waals surface area contributed by atoms with Gasteiger partial charge in [-0.25, -0.2) is 0 Å². The highest BCUT2D eigenvalue weighted by atomic mass is 16.3. The third-order valence-corrected chi connectivity index (χ3v) is 19.9. The Kier molecular flexibility index (Phi) is 9.67. The van der Waals surface area contributed by atoms with Crippen molar-refractivity contribution in [3.63, 3.8) is 0 Å². The molecule has 0 spiro atoms. The van der Waals surface area contributed by atoms with E-state index in [1.54, 1.807) is 0 Å². The largest absolute Gasteiger partial charge is 0.455 e. The summed E-state index contributed by atoms with van der Waals surface area (Å²) >= 11 is 0. The summed E-state index contributed by atoms with van der Waals surface area (Å²) in [5.41, 5.74) is 29.7. The number of furan rings is 2. The van der Waals surface area contributed by atoms with Gasteiger partial charge in [0, 0.05) is 82.4 Å². The van der Waals surface area contributed by atoms with Crippen molar-refractivity contribution in [2.75, 3.05) is 4.90 Å². The van der Waals surface area contributed by atoms with Crippen LogP contribution in [0.5, 0.6) is 0 Å². The van der Waals surface area contributed by atoms with Gasteiger partial charge in [0.25, 0.3) is 0 Å². The van der Waals surface area contributed by atoms with Crippen molar-refractivity contribution in [1.82, 2.24) is 4.57 Å². The molecule has 3 aliphatic rings. The molecule has 0 N–H and O–H groups in total. The molecule has 404 valence electrons. The second kappa shape index (κ2) is 17.0. The van der Waals surface area contributed by atoms with Crippen LogP contribution in [0, 0.1) is 0 Å². The second-order valence-corrected chi connectivity index (χ2v) is 25.5. The number of fused-ring (bicyclic) bond motifs is 22. The zero-order valence-corrected chi connectivity index (χ0v) is 48.3. The van der Waals surface area contributed by atoms with Crippen molar-refractivity contribution < 1.29 is 8.83 Å². The van der Waals surface area contributed by atoms with Crippen LogP contribution in [0.25, 0.3) is 127 Å². The van der Waals surface area contributed by atoms with E-state index in [0.29, 0.717) is 0 Å². The Bertz CT molecular complexity index is 5380. The number of benzene rings is 12. The van der Waals surface area contributed by atoms with Crippen LogP contribution in [0.3, 0.4) is 0 Å². The molecule has 4 nitrogen and oxygen atoms in total. The lowest BCUT2D eigenvalue weighted by molar-refractivity contribution is 0.600. The number of rotatable bonds is 6. The molecule has 3 aliphatic carbocycles. The minimum atomic E-state index is -0.401.